The van der Waals surface area contributed by atoms with E-state index in [2.05, 4.69) is 10.3 Å². The van der Waals surface area contributed by atoms with Crippen LogP contribution in [0, 0.1) is 0 Å². The van der Waals surface area contributed by atoms with E-state index in [4.69, 9.17) is 0 Å². The van der Waals surface area contributed by atoms with Crippen molar-refractivity contribution in [1.82, 2.24) is 10.3 Å². The van der Waals surface area contributed by atoms with Crippen molar-refractivity contribution in [1.29, 1.82) is 0 Å². The maximum atomic E-state index is 11.4. The van der Waals surface area contributed by atoms with E-state index in [1.807, 2.05) is 0 Å². The minimum atomic E-state index is -0.583. The normalized spacial score (nSPS) is 9.56. The lowest BCUT2D eigenvalue weighted by Crippen LogP contribution is -2.31. The first-order valence-electron chi connectivity index (χ1n) is 4.89. The van der Waals surface area contributed by atoms with Gasteiger partial charge in [0, 0.05) is 18.8 Å². The fraction of sp³-hybridized carbons (Fsp3) is 0.273. The minimum Gasteiger partial charge on any atom is -0.299 e. The topological polar surface area (TPSA) is 76.1 Å². The van der Waals surface area contributed by atoms with Gasteiger partial charge in [0.1, 0.15) is 5.78 Å². The average Bonchev–Trinajstić information content (AvgIpc) is 2.29. The molecule has 0 aliphatic heterocycles. The SMILES string of the molecule is CCC(=O)CC(=O)NC(=O)c1cccnc1. The van der Waals surface area contributed by atoms with E-state index in [0.29, 0.717) is 5.56 Å². The molecule has 84 valence electrons. The number of imide groups is 1. The molecular weight excluding hydrogens is 208 g/mol. The Morgan fingerprint density at radius 2 is 2.12 bits per heavy atom. The van der Waals surface area contributed by atoms with Crippen LogP contribution in [-0.2, 0) is 9.59 Å². The molecule has 0 saturated heterocycles. The van der Waals surface area contributed by atoms with Crippen LogP contribution >= 0.6 is 0 Å². The van der Waals surface area contributed by atoms with Gasteiger partial charge in [-0.15, -0.1) is 0 Å². The first-order valence-corrected chi connectivity index (χ1v) is 4.89. The molecule has 1 heterocycles. The van der Waals surface area contributed by atoms with Crippen LogP contribution in [-0.4, -0.2) is 22.6 Å². The second-order valence-electron chi connectivity index (χ2n) is 3.19. The van der Waals surface area contributed by atoms with Gasteiger partial charge in [-0.25, -0.2) is 0 Å². The third-order valence-corrected chi connectivity index (χ3v) is 1.93. The van der Waals surface area contributed by atoms with E-state index in [0.717, 1.165) is 0 Å². The number of carbonyl (C=O) groups excluding carboxylic acids is 3. The van der Waals surface area contributed by atoms with Gasteiger partial charge < -0.3 is 0 Å². The molecule has 0 atom stereocenters. The third kappa shape index (κ3) is 3.61. The number of Topliss-reactive ketones (excluding diaryl/α,β-unsaturated/α-hetero) is 1. The van der Waals surface area contributed by atoms with Gasteiger partial charge in [0.15, 0.2) is 0 Å². The number of nitrogens with one attached hydrogen (secondary N) is 1. The number of carbonyl (C=O) groups is 3. The second-order valence-corrected chi connectivity index (χ2v) is 3.19. The van der Waals surface area contributed by atoms with Gasteiger partial charge in [0.25, 0.3) is 5.91 Å². The summed E-state index contributed by atoms with van der Waals surface area (Å²) in [6.07, 6.45) is 2.90. The smallest absolute Gasteiger partial charge is 0.259 e. The summed E-state index contributed by atoms with van der Waals surface area (Å²) in [6.45, 7) is 1.67. The average molecular weight is 220 g/mol. The zero-order valence-electron chi connectivity index (χ0n) is 8.90. The molecule has 1 N–H and O–H groups in total. The van der Waals surface area contributed by atoms with E-state index in [9.17, 15) is 14.4 Å². The van der Waals surface area contributed by atoms with Crippen molar-refractivity contribution < 1.29 is 14.4 Å². The molecule has 0 unspecified atom stereocenters. The standard InChI is InChI=1S/C11H12N2O3/c1-2-9(14)6-10(15)13-11(16)8-4-3-5-12-7-8/h3-5,7H,2,6H2,1H3,(H,13,15,16). The molecule has 1 aromatic rings. The van der Waals surface area contributed by atoms with E-state index in [1.165, 1.54) is 18.5 Å². The highest BCUT2D eigenvalue weighted by molar-refractivity contribution is 6.09. The molecule has 5 heteroatoms. The molecule has 16 heavy (non-hydrogen) atoms. The summed E-state index contributed by atoms with van der Waals surface area (Å²) in [5, 5.41) is 2.12. The van der Waals surface area contributed by atoms with E-state index in [-0.39, 0.29) is 18.6 Å². The summed E-state index contributed by atoms with van der Waals surface area (Å²) in [7, 11) is 0. The molecule has 1 aromatic heterocycles. The van der Waals surface area contributed by atoms with Crippen LogP contribution in [0.5, 0.6) is 0 Å². The third-order valence-electron chi connectivity index (χ3n) is 1.93. The highest BCUT2D eigenvalue weighted by Crippen LogP contribution is 1.96. The van der Waals surface area contributed by atoms with Crippen molar-refractivity contribution in [3.63, 3.8) is 0 Å². The van der Waals surface area contributed by atoms with Gasteiger partial charge in [-0.2, -0.15) is 0 Å². The second kappa shape index (κ2) is 5.75. The Morgan fingerprint density at radius 1 is 1.38 bits per heavy atom. The van der Waals surface area contributed by atoms with Gasteiger partial charge in [-0.1, -0.05) is 6.92 Å². The highest BCUT2D eigenvalue weighted by atomic mass is 16.2. The minimum absolute atomic E-state index is 0.198. The summed E-state index contributed by atoms with van der Waals surface area (Å²) >= 11 is 0. The summed E-state index contributed by atoms with van der Waals surface area (Å²) < 4.78 is 0. The molecule has 0 saturated carbocycles. The predicted octanol–water partition coefficient (Wildman–Crippen LogP) is 0.707. The molecule has 1 rings (SSSR count). The zero-order valence-corrected chi connectivity index (χ0v) is 8.90. The van der Waals surface area contributed by atoms with Crippen LogP contribution in [0.25, 0.3) is 0 Å². The van der Waals surface area contributed by atoms with E-state index < -0.39 is 11.8 Å². The van der Waals surface area contributed by atoms with Crippen molar-refractivity contribution in [3.8, 4) is 0 Å². The Bertz CT molecular complexity index is 401. The van der Waals surface area contributed by atoms with E-state index in [1.54, 1.807) is 13.0 Å². The molecule has 0 aromatic carbocycles. The Kier molecular flexibility index (Phi) is 4.32. The van der Waals surface area contributed by atoms with Crippen molar-refractivity contribution in [2.24, 2.45) is 0 Å². The van der Waals surface area contributed by atoms with Crippen LogP contribution in [0.4, 0.5) is 0 Å². The van der Waals surface area contributed by atoms with Crippen molar-refractivity contribution >= 4 is 17.6 Å². The number of amides is 2. The number of hydrogen-bond acceptors (Lipinski definition) is 4. The maximum Gasteiger partial charge on any atom is 0.259 e. The Hall–Kier alpha value is -2.04. The highest BCUT2D eigenvalue weighted by Gasteiger charge is 2.12. The number of nitrogens with zero attached hydrogens (tertiary/aromatic N) is 1. The summed E-state index contributed by atoms with van der Waals surface area (Å²) in [5.74, 6) is -1.32. The summed E-state index contributed by atoms with van der Waals surface area (Å²) in [6, 6.07) is 3.13. The Morgan fingerprint density at radius 3 is 2.69 bits per heavy atom. The van der Waals surface area contributed by atoms with Gasteiger partial charge >= 0.3 is 0 Å². The molecule has 0 aliphatic rings. The molecule has 0 radical (unpaired) electrons. The summed E-state index contributed by atoms with van der Waals surface area (Å²) in [5.41, 5.74) is 0.291. The number of pyridine rings is 1. The van der Waals surface area contributed by atoms with Gasteiger partial charge in [0.05, 0.1) is 12.0 Å². The Labute approximate surface area is 92.9 Å². The molecule has 0 bridgehead atoms. The van der Waals surface area contributed by atoms with Gasteiger partial charge in [-0.3, -0.25) is 24.7 Å². The van der Waals surface area contributed by atoms with Crippen molar-refractivity contribution in [2.45, 2.75) is 19.8 Å². The van der Waals surface area contributed by atoms with Gasteiger partial charge in [-0.05, 0) is 12.1 Å². The van der Waals surface area contributed by atoms with Crippen molar-refractivity contribution in [2.75, 3.05) is 0 Å². The monoisotopic (exact) mass is 220 g/mol. The molecule has 0 spiro atoms. The number of ketones is 1. The molecule has 0 aliphatic carbocycles. The van der Waals surface area contributed by atoms with Crippen LogP contribution in [0.3, 0.4) is 0 Å². The largest absolute Gasteiger partial charge is 0.299 e. The van der Waals surface area contributed by atoms with Crippen molar-refractivity contribution in [3.05, 3.63) is 30.1 Å². The quantitative estimate of drug-likeness (QED) is 0.758. The molecule has 2 amide bonds. The molecule has 5 nitrogen and oxygen atoms in total. The van der Waals surface area contributed by atoms with Crippen LogP contribution in [0.15, 0.2) is 24.5 Å². The molecule has 0 fully saturated rings. The summed E-state index contributed by atoms with van der Waals surface area (Å²) in [4.78, 5) is 37.4. The fourth-order valence-corrected chi connectivity index (χ4v) is 1.04. The van der Waals surface area contributed by atoms with Crippen LogP contribution < -0.4 is 5.32 Å². The first kappa shape index (κ1) is 12.0. The Balaban J connectivity index is 2.52. The predicted molar refractivity (Wildman–Crippen MR) is 56.6 cm³/mol. The van der Waals surface area contributed by atoms with E-state index >= 15 is 0 Å². The molecular formula is C11H12N2O3. The fourth-order valence-electron chi connectivity index (χ4n) is 1.04. The van der Waals surface area contributed by atoms with Crippen LogP contribution in [0.2, 0.25) is 0 Å². The first-order chi connectivity index (χ1) is 7.63. The lowest BCUT2D eigenvalue weighted by Gasteiger charge is -2.02. The van der Waals surface area contributed by atoms with Gasteiger partial charge in [0.2, 0.25) is 5.91 Å². The number of hydrogen-bond donors (Lipinski definition) is 1. The lowest BCUT2D eigenvalue weighted by molar-refractivity contribution is -0.127. The number of rotatable bonds is 4. The lowest BCUT2D eigenvalue weighted by atomic mass is 10.2. The maximum absolute atomic E-state index is 11.4. The van der Waals surface area contributed by atoms with Crippen LogP contribution in [0.1, 0.15) is 30.1 Å². The zero-order chi connectivity index (χ0) is 12.0. The number of aromatic nitrogens is 1.